The van der Waals surface area contributed by atoms with Crippen molar-refractivity contribution in [1.82, 2.24) is 0 Å². The van der Waals surface area contributed by atoms with Crippen molar-refractivity contribution < 1.29 is 9.18 Å². The third-order valence-electron chi connectivity index (χ3n) is 2.85. The van der Waals surface area contributed by atoms with Crippen LogP contribution in [0.3, 0.4) is 0 Å². The first kappa shape index (κ1) is 14.6. The van der Waals surface area contributed by atoms with Crippen LogP contribution < -0.4 is 5.32 Å². The average Bonchev–Trinajstić information content (AvgIpc) is 2.42. The molecule has 104 valence electrons. The van der Waals surface area contributed by atoms with Gasteiger partial charge in [-0.15, -0.1) is 11.8 Å². The van der Waals surface area contributed by atoms with E-state index in [2.05, 4.69) is 5.32 Å². The first-order valence-electron chi connectivity index (χ1n) is 6.30. The van der Waals surface area contributed by atoms with Gasteiger partial charge in [0.1, 0.15) is 5.82 Å². The second-order valence-electron chi connectivity index (χ2n) is 4.59. The number of benzene rings is 2. The van der Waals surface area contributed by atoms with Gasteiger partial charge in [-0.3, -0.25) is 4.79 Å². The predicted molar refractivity (Wildman–Crippen MR) is 81.7 cm³/mol. The molecule has 20 heavy (non-hydrogen) atoms. The third kappa shape index (κ3) is 3.84. The zero-order valence-electron chi connectivity index (χ0n) is 11.4. The van der Waals surface area contributed by atoms with E-state index in [1.165, 1.54) is 17.8 Å². The largest absolute Gasteiger partial charge is 0.323 e. The second kappa shape index (κ2) is 6.57. The molecule has 0 saturated carbocycles. The van der Waals surface area contributed by atoms with E-state index < -0.39 is 5.82 Å². The van der Waals surface area contributed by atoms with Gasteiger partial charge in [0.15, 0.2) is 0 Å². The van der Waals surface area contributed by atoms with E-state index in [4.69, 9.17) is 0 Å². The summed E-state index contributed by atoms with van der Waals surface area (Å²) in [6.07, 6.45) is 0. The van der Waals surface area contributed by atoms with E-state index in [1.54, 1.807) is 12.1 Å². The lowest BCUT2D eigenvalue weighted by Gasteiger charge is -2.08. The molecule has 2 aromatic carbocycles. The van der Waals surface area contributed by atoms with Gasteiger partial charge < -0.3 is 5.32 Å². The first-order valence-corrected chi connectivity index (χ1v) is 7.29. The standard InChI is InChI=1S/C16H16FNOS/c1-11-7-8-13(17)14(9-11)18-16(19)10-20-15-6-4-3-5-12(15)2/h3-9H,10H2,1-2H3,(H,18,19). The molecule has 0 aliphatic heterocycles. The Bertz CT molecular complexity index is 628. The van der Waals surface area contributed by atoms with E-state index in [0.717, 1.165) is 16.0 Å². The third-order valence-corrected chi connectivity index (χ3v) is 4.02. The van der Waals surface area contributed by atoms with Gasteiger partial charge in [0.05, 0.1) is 11.4 Å². The highest BCUT2D eigenvalue weighted by molar-refractivity contribution is 8.00. The lowest BCUT2D eigenvalue weighted by Crippen LogP contribution is -2.15. The Kier molecular flexibility index (Phi) is 4.79. The molecular formula is C16H16FNOS. The summed E-state index contributed by atoms with van der Waals surface area (Å²) in [5, 5.41) is 2.61. The van der Waals surface area contributed by atoms with Crippen LogP contribution in [0.15, 0.2) is 47.4 Å². The Labute approximate surface area is 122 Å². The van der Waals surface area contributed by atoms with Crippen molar-refractivity contribution in [3.8, 4) is 0 Å². The molecular weight excluding hydrogens is 273 g/mol. The van der Waals surface area contributed by atoms with Crippen LogP contribution in [-0.2, 0) is 4.79 Å². The van der Waals surface area contributed by atoms with E-state index in [-0.39, 0.29) is 17.3 Å². The van der Waals surface area contributed by atoms with Crippen molar-refractivity contribution >= 4 is 23.4 Å². The maximum Gasteiger partial charge on any atom is 0.234 e. The molecule has 1 amide bonds. The lowest BCUT2D eigenvalue weighted by atomic mass is 10.2. The molecule has 1 N–H and O–H groups in total. The molecule has 0 aliphatic carbocycles. The average molecular weight is 289 g/mol. The fraction of sp³-hybridized carbons (Fsp3) is 0.188. The zero-order chi connectivity index (χ0) is 14.5. The number of carbonyl (C=O) groups is 1. The normalized spacial score (nSPS) is 10.3. The van der Waals surface area contributed by atoms with E-state index in [1.807, 2.05) is 38.1 Å². The highest BCUT2D eigenvalue weighted by atomic mass is 32.2. The second-order valence-corrected chi connectivity index (χ2v) is 5.60. The SMILES string of the molecule is Cc1ccc(F)c(NC(=O)CSc2ccccc2C)c1. The number of halogens is 1. The number of aryl methyl sites for hydroxylation is 2. The maximum absolute atomic E-state index is 13.5. The van der Waals surface area contributed by atoms with Gasteiger partial charge in [0.2, 0.25) is 5.91 Å². The van der Waals surface area contributed by atoms with Crippen LogP contribution in [0.2, 0.25) is 0 Å². The molecule has 0 saturated heterocycles. The quantitative estimate of drug-likeness (QED) is 0.856. The van der Waals surface area contributed by atoms with Crippen LogP contribution in [0.1, 0.15) is 11.1 Å². The summed E-state index contributed by atoms with van der Waals surface area (Å²) in [6.45, 7) is 3.86. The van der Waals surface area contributed by atoms with Crippen LogP contribution in [-0.4, -0.2) is 11.7 Å². The van der Waals surface area contributed by atoms with Crippen molar-refractivity contribution in [2.24, 2.45) is 0 Å². The number of amides is 1. The van der Waals surface area contributed by atoms with Gasteiger partial charge in [-0.1, -0.05) is 24.3 Å². The number of carbonyl (C=O) groups excluding carboxylic acids is 1. The molecule has 0 bridgehead atoms. The minimum absolute atomic E-state index is 0.206. The van der Waals surface area contributed by atoms with Crippen LogP contribution >= 0.6 is 11.8 Å². The predicted octanol–water partition coefficient (Wildman–Crippen LogP) is 4.17. The van der Waals surface area contributed by atoms with Crippen molar-refractivity contribution in [2.75, 3.05) is 11.1 Å². The van der Waals surface area contributed by atoms with Gasteiger partial charge in [0, 0.05) is 4.90 Å². The molecule has 0 aliphatic rings. The number of rotatable bonds is 4. The summed E-state index contributed by atoms with van der Waals surface area (Å²) >= 11 is 1.45. The van der Waals surface area contributed by atoms with Gasteiger partial charge in [0.25, 0.3) is 0 Å². The summed E-state index contributed by atoms with van der Waals surface area (Å²) in [4.78, 5) is 12.9. The molecule has 0 fully saturated rings. The zero-order valence-corrected chi connectivity index (χ0v) is 12.3. The highest BCUT2D eigenvalue weighted by Crippen LogP contribution is 2.22. The monoisotopic (exact) mass is 289 g/mol. The van der Waals surface area contributed by atoms with Gasteiger partial charge in [-0.25, -0.2) is 4.39 Å². The number of hydrogen-bond acceptors (Lipinski definition) is 2. The van der Waals surface area contributed by atoms with Crippen LogP contribution in [0, 0.1) is 19.7 Å². The van der Waals surface area contributed by atoms with E-state index in [0.29, 0.717) is 0 Å². The molecule has 2 aromatic rings. The number of nitrogens with one attached hydrogen (secondary N) is 1. The van der Waals surface area contributed by atoms with Gasteiger partial charge >= 0.3 is 0 Å². The fourth-order valence-corrected chi connectivity index (χ4v) is 2.61. The number of thioether (sulfide) groups is 1. The van der Waals surface area contributed by atoms with Gasteiger partial charge in [-0.2, -0.15) is 0 Å². The molecule has 0 radical (unpaired) electrons. The Morgan fingerprint density at radius 2 is 1.95 bits per heavy atom. The Hall–Kier alpha value is -1.81. The van der Waals surface area contributed by atoms with Crippen LogP contribution in [0.5, 0.6) is 0 Å². The van der Waals surface area contributed by atoms with Gasteiger partial charge in [-0.05, 0) is 43.2 Å². The summed E-state index contributed by atoms with van der Waals surface area (Å²) in [7, 11) is 0. The molecule has 4 heteroatoms. The number of hydrogen-bond donors (Lipinski definition) is 1. The molecule has 0 aromatic heterocycles. The molecule has 2 rings (SSSR count). The summed E-state index contributed by atoms with van der Waals surface area (Å²) in [6, 6.07) is 12.5. The van der Waals surface area contributed by atoms with Crippen molar-refractivity contribution in [3.63, 3.8) is 0 Å². The Morgan fingerprint density at radius 3 is 2.70 bits per heavy atom. The molecule has 0 unspecified atom stereocenters. The fourth-order valence-electron chi connectivity index (χ4n) is 1.78. The number of anilines is 1. The van der Waals surface area contributed by atoms with E-state index >= 15 is 0 Å². The van der Waals surface area contributed by atoms with Crippen molar-refractivity contribution in [2.45, 2.75) is 18.7 Å². The molecule has 2 nitrogen and oxygen atoms in total. The summed E-state index contributed by atoms with van der Waals surface area (Å²) < 4.78 is 13.5. The smallest absolute Gasteiger partial charge is 0.234 e. The summed E-state index contributed by atoms with van der Waals surface area (Å²) in [5.74, 6) is -0.356. The Balaban J connectivity index is 1.96. The highest BCUT2D eigenvalue weighted by Gasteiger charge is 2.08. The first-order chi connectivity index (χ1) is 9.56. The van der Waals surface area contributed by atoms with Crippen molar-refractivity contribution in [1.29, 1.82) is 0 Å². The van der Waals surface area contributed by atoms with Crippen molar-refractivity contribution in [3.05, 3.63) is 59.4 Å². The summed E-state index contributed by atoms with van der Waals surface area (Å²) in [5.41, 5.74) is 2.28. The molecule has 0 heterocycles. The minimum atomic E-state index is -0.412. The Morgan fingerprint density at radius 1 is 1.20 bits per heavy atom. The van der Waals surface area contributed by atoms with Crippen LogP contribution in [0.4, 0.5) is 10.1 Å². The topological polar surface area (TPSA) is 29.1 Å². The minimum Gasteiger partial charge on any atom is -0.323 e. The maximum atomic E-state index is 13.5. The lowest BCUT2D eigenvalue weighted by molar-refractivity contribution is -0.113. The van der Waals surface area contributed by atoms with Crippen LogP contribution in [0.25, 0.3) is 0 Å². The molecule has 0 spiro atoms. The molecule has 0 atom stereocenters. The van der Waals surface area contributed by atoms with E-state index in [9.17, 15) is 9.18 Å².